The number of benzene rings is 1. The van der Waals surface area contributed by atoms with Crippen molar-refractivity contribution in [1.82, 2.24) is 14.7 Å². The molecule has 138 valence electrons. The van der Waals surface area contributed by atoms with Gasteiger partial charge in [0.05, 0.1) is 12.2 Å². The summed E-state index contributed by atoms with van der Waals surface area (Å²) >= 11 is 0. The Morgan fingerprint density at radius 2 is 1.73 bits per heavy atom. The van der Waals surface area contributed by atoms with Crippen LogP contribution in [0.5, 0.6) is 5.75 Å². The highest BCUT2D eigenvalue weighted by Gasteiger charge is 2.41. The minimum absolute atomic E-state index is 0.218. The molecule has 3 rings (SSSR count). The monoisotopic (exact) mass is 355 g/mol. The second-order valence-corrected chi connectivity index (χ2v) is 6.48. The van der Waals surface area contributed by atoms with Gasteiger partial charge in [0.25, 0.3) is 11.8 Å². The lowest BCUT2D eigenvalue weighted by Crippen LogP contribution is -2.46. The lowest BCUT2D eigenvalue weighted by Gasteiger charge is -2.34. The molecule has 0 unspecified atom stereocenters. The van der Waals surface area contributed by atoms with Crippen LogP contribution in [0.15, 0.2) is 42.6 Å². The van der Waals surface area contributed by atoms with Crippen LogP contribution in [-0.4, -0.2) is 72.9 Å². The molecule has 6 heteroatoms. The van der Waals surface area contributed by atoms with Gasteiger partial charge in [-0.15, -0.1) is 6.58 Å². The molecule has 0 aromatic heterocycles. The summed E-state index contributed by atoms with van der Waals surface area (Å²) in [5.41, 5.74) is 1.73. The third-order valence-electron chi connectivity index (χ3n) is 4.73. The number of likely N-dealkylation sites (N-methyl/N-ethyl adjacent to an activating group) is 1. The summed E-state index contributed by atoms with van der Waals surface area (Å²) < 4.78 is 5.48. The Bertz CT molecular complexity index is 731. The highest BCUT2D eigenvalue weighted by molar-refractivity contribution is 6.35. The average Bonchev–Trinajstić information content (AvgIpc) is 2.88. The lowest BCUT2D eigenvalue weighted by molar-refractivity contribution is -0.137. The van der Waals surface area contributed by atoms with E-state index in [9.17, 15) is 9.59 Å². The fourth-order valence-electron chi connectivity index (χ4n) is 3.33. The molecule has 2 amide bonds. The van der Waals surface area contributed by atoms with E-state index in [-0.39, 0.29) is 18.4 Å². The molecule has 1 fully saturated rings. The number of hydrogen-bond donors (Lipinski definition) is 0. The molecule has 1 aromatic carbocycles. The van der Waals surface area contributed by atoms with Gasteiger partial charge in [-0.3, -0.25) is 14.5 Å². The van der Waals surface area contributed by atoms with Gasteiger partial charge in [0.1, 0.15) is 11.4 Å². The molecule has 0 saturated carbocycles. The second-order valence-electron chi connectivity index (χ2n) is 6.48. The number of rotatable bonds is 6. The van der Waals surface area contributed by atoms with Gasteiger partial charge in [-0.1, -0.05) is 18.2 Å². The van der Waals surface area contributed by atoms with Crippen molar-refractivity contribution in [2.75, 3.05) is 46.4 Å². The third-order valence-corrected chi connectivity index (χ3v) is 4.73. The summed E-state index contributed by atoms with van der Waals surface area (Å²) in [6.07, 6.45) is 1.58. The van der Waals surface area contributed by atoms with E-state index in [1.54, 1.807) is 6.08 Å². The van der Waals surface area contributed by atoms with Gasteiger partial charge in [0, 0.05) is 32.7 Å². The van der Waals surface area contributed by atoms with Gasteiger partial charge >= 0.3 is 0 Å². The summed E-state index contributed by atoms with van der Waals surface area (Å²) in [4.78, 5) is 31.5. The number of amides is 2. The van der Waals surface area contributed by atoms with Crippen molar-refractivity contribution >= 4 is 17.4 Å². The Morgan fingerprint density at radius 3 is 2.31 bits per heavy atom. The van der Waals surface area contributed by atoms with Crippen molar-refractivity contribution in [3.8, 4) is 5.75 Å². The van der Waals surface area contributed by atoms with Crippen LogP contribution >= 0.6 is 0 Å². The molecule has 1 saturated heterocycles. The molecule has 6 nitrogen and oxygen atoms in total. The molecule has 0 aliphatic carbocycles. The highest BCUT2D eigenvalue weighted by Crippen LogP contribution is 2.32. The van der Waals surface area contributed by atoms with Crippen molar-refractivity contribution < 1.29 is 14.3 Å². The van der Waals surface area contributed by atoms with Crippen LogP contribution in [0.4, 0.5) is 0 Å². The predicted molar refractivity (Wildman–Crippen MR) is 101 cm³/mol. The largest absolute Gasteiger partial charge is 0.494 e. The fraction of sp³-hybridized carbons (Fsp3) is 0.400. The normalized spacial score (nSPS) is 18.7. The predicted octanol–water partition coefficient (Wildman–Crippen LogP) is 1.60. The standard InChI is InChI=1S/C20H25N3O3/c1-4-10-23-19(24)17(15-6-8-16(9-7-15)26-5-2)18(20(23)25)22-13-11-21(3)12-14-22/h4,6-9H,1,5,10-14H2,2-3H3. The van der Waals surface area contributed by atoms with Crippen molar-refractivity contribution in [2.24, 2.45) is 0 Å². The van der Waals surface area contributed by atoms with Crippen LogP contribution in [0.1, 0.15) is 12.5 Å². The van der Waals surface area contributed by atoms with E-state index in [2.05, 4.69) is 18.5 Å². The molecule has 1 aromatic rings. The molecule has 0 spiro atoms. The molecular formula is C20H25N3O3. The minimum atomic E-state index is -0.256. The molecular weight excluding hydrogens is 330 g/mol. The first-order valence-corrected chi connectivity index (χ1v) is 8.95. The molecule has 0 N–H and O–H groups in total. The van der Waals surface area contributed by atoms with Gasteiger partial charge in [0.15, 0.2) is 0 Å². The molecule has 0 bridgehead atoms. The van der Waals surface area contributed by atoms with Crippen LogP contribution in [-0.2, 0) is 9.59 Å². The Morgan fingerprint density at radius 1 is 1.08 bits per heavy atom. The quantitative estimate of drug-likeness (QED) is 0.573. The zero-order valence-corrected chi connectivity index (χ0v) is 15.4. The number of piperazine rings is 1. The summed E-state index contributed by atoms with van der Waals surface area (Å²) in [6.45, 7) is 9.58. The number of hydrogen-bond acceptors (Lipinski definition) is 5. The van der Waals surface area contributed by atoms with Crippen molar-refractivity contribution in [2.45, 2.75) is 6.92 Å². The van der Waals surface area contributed by atoms with Gasteiger partial charge < -0.3 is 14.5 Å². The molecule has 26 heavy (non-hydrogen) atoms. The van der Waals surface area contributed by atoms with E-state index in [1.165, 1.54) is 4.90 Å². The molecule has 2 aliphatic heterocycles. The summed E-state index contributed by atoms with van der Waals surface area (Å²) in [7, 11) is 2.06. The summed E-state index contributed by atoms with van der Waals surface area (Å²) in [5.74, 6) is 0.258. The zero-order valence-electron chi connectivity index (χ0n) is 15.4. The first-order chi connectivity index (χ1) is 12.6. The smallest absolute Gasteiger partial charge is 0.278 e. The van der Waals surface area contributed by atoms with E-state index in [1.807, 2.05) is 36.1 Å². The molecule has 2 aliphatic rings. The van der Waals surface area contributed by atoms with Crippen LogP contribution < -0.4 is 4.74 Å². The number of imide groups is 1. The van der Waals surface area contributed by atoms with E-state index in [0.717, 1.165) is 37.5 Å². The molecule has 0 atom stereocenters. The van der Waals surface area contributed by atoms with Crippen molar-refractivity contribution in [3.05, 3.63) is 48.2 Å². The Labute approximate surface area is 154 Å². The maximum atomic E-state index is 13.0. The van der Waals surface area contributed by atoms with Gasteiger partial charge in [-0.25, -0.2) is 0 Å². The van der Waals surface area contributed by atoms with E-state index in [4.69, 9.17) is 4.74 Å². The van der Waals surface area contributed by atoms with Gasteiger partial charge in [-0.2, -0.15) is 0 Å². The van der Waals surface area contributed by atoms with E-state index in [0.29, 0.717) is 17.9 Å². The van der Waals surface area contributed by atoms with Crippen molar-refractivity contribution in [3.63, 3.8) is 0 Å². The van der Waals surface area contributed by atoms with E-state index < -0.39 is 0 Å². The lowest BCUT2D eigenvalue weighted by atomic mass is 10.0. The maximum Gasteiger partial charge on any atom is 0.278 e. The summed E-state index contributed by atoms with van der Waals surface area (Å²) in [6, 6.07) is 7.36. The zero-order chi connectivity index (χ0) is 18.7. The van der Waals surface area contributed by atoms with Crippen molar-refractivity contribution in [1.29, 1.82) is 0 Å². The Kier molecular flexibility index (Phi) is 5.42. The topological polar surface area (TPSA) is 53.1 Å². The SMILES string of the molecule is C=CCN1C(=O)C(c2ccc(OCC)cc2)=C(N2CCN(C)CC2)C1=O. The molecule has 0 radical (unpaired) electrons. The first-order valence-electron chi connectivity index (χ1n) is 8.95. The Balaban J connectivity index is 2.00. The minimum Gasteiger partial charge on any atom is -0.494 e. The number of carbonyl (C=O) groups is 2. The maximum absolute atomic E-state index is 13.0. The van der Waals surface area contributed by atoms with Gasteiger partial charge in [0.2, 0.25) is 0 Å². The highest BCUT2D eigenvalue weighted by atomic mass is 16.5. The van der Waals surface area contributed by atoms with Crippen LogP contribution in [0.2, 0.25) is 0 Å². The third kappa shape index (κ3) is 3.37. The van der Waals surface area contributed by atoms with Crippen LogP contribution in [0.25, 0.3) is 5.57 Å². The summed E-state index contributed by atoms with van der Waals surface area (Å²) in [5, 5.41) is 0. The Hall–Kier alpha value is -2.60. The van der Waals surface area contributed by atoms with Crippen LogP contribution in [0.3, 0.4) is 0 Å². The van der Waals surface area contributed by atoms with E-state index >= 15 is 0 Å². The molecule has 2 heterocycles. The number of ether oxygens (including phenoxy) is 1. The first kappa shape index (κ1) is 18.2. The average molecular weight is 355 g/mol. The fourth-order valence-corrected chi connectivity index (χ4v) is 3.33. The second kappa shape index (κ2) is 7.74. The number of nitrogens with zero attached hydrogens (tertiary/aromatic N) is 3. The number of carbonyl (C=O) groups excluding carboxylic acids is 2. The van der Waals surface area contributed by atoms with Crippen LogP contribution in [0, 0.1) is 0 Å². The van der Waals surface area contributed by atoms with Gasteiger partial charge in [-0.05, 0) is 31.7 Å².